The van der Waals surface area contributed by atoms with E-state index in [2.05, 4.69) is 4.98 Å². The average Bonchev–Trinajstić information content (AvgIpc) is 1.77. The molecule has 8 heavy (non-hydrogen) atoms. The van der Waals surface area contributed by atoms with E-state index >= 15 is 0 Å². The molecule has 0 saturated carbocycles. The highest BCUT2D eigenvalue weighted by molar-refractivity contribution is 6.29. The standard InChI is InChI=1S/C4H3Cl2N2/c5-4-3-7-1-2-8(4)6/h1-3H/q+1. The number of hydrogen-bond acceptors (Lipinski definition) is 1. The molecule has 0 aliphatic rings. The highest BCUT2D eigenvalue weighted by atomic mass is 35.5. The van der Waals surface area contributed by atoms with E-state index in [-0.39, 0.29) is 0 Å². The van der Waals surface area contributed by atoms with E-state index < -0.39 is 0 Å². The van der Waals surface area contributed by atoms with Crippen LogP contribution in [0.1, 0.15) is 0 Å². The smallest absolute Gasteiger partial charge is 0.250 e. The molecule has 0 N–H and O–H groups in total. The van der Waals surface area contributed by atoms with Crippen molar-refractivity contribution < 1.29 is 4.09 Å². The Kier molecular flexibility index (Phi) is 1.65. The highest BCUT2D eigenvalue weighted by Gasteiger charge is 2.00. The van der Waals surface area contributed by atoms with Crippen LogP contribution in [0, 0.1) is 0 Å². The van der Waals surface area contributed by atoms with Crippen molar-refractivity contribution >= 4 is 23.4 Å². The van der Waals surface area contributed by atoms with Gasteiger partial charge < -0.3 is 0 Å². The fourth-order valence-electron chi connectivity index (χ4n) is 0.328. The largest absolute Gasteiger partial charge is 0.314 e. The predicted molar refractivity (Wildman–Crippen MR) is 30.7 cm³/mol. The summed E-state index contributed by atoms with van der Waals surface area (Å²) in [5, 5.41) is 0.411. The Morgan fingerprint density at radius 3 is 2.75 bits per heavy atom. The van der Waals surface area contributed by atoms with Crippen LogP contribution in [0.4, 0.5) is 0 Å². The summed E-state index contributed by atoms with van der Waals surface area (Å²) in [6.07, 6.45) is 4.58. The van der Waals surface area contributed by atoms with Gasteiger partial charge in [0.2, 0.25) is 6.20 Å². The third-order valence-corrected chi connectivity index (χ3v) is 1.33. The third kappa shape index (κ3) is 1.08. The molecule has 4 heteroatoms. The van der Waals surface area contributed by atoms with Gasteiger partial charge in [-0.05, 0) is 11.6 Å². The zero-order valence-electron chi connectivity index (χ0n) is 3.88. The second kappa shape index (κ2) is 2.29. The Morgan fingerprint density at radius 1 is 1.62 bits per heavy atom. The molecule has 1 rings (SSSR count). The molecule has 0 radical (unpaired) electrons. The summed E-state index contributed by atoms with van der Waals surface area (Å²) in [6.45, 7) is 0. The lowest BCUT2D eigenvalue weighted by Gasteiger charge is -1.79. The van der Waals surface area contributed by atoms with E-state index in [1.54, 1.807) is 12.4 Å². The fraction of sp³-hybridized carbons (Fsp3) is 0. The van der Waals surface area contributed by atoms with E-state index in [0.29, 0.717) is 5.15 Å². The number of halogens is 2. The van der Waals surface area contributed by atoms with Crippen molar-refractivity contribution in [1.82, 2.24) is 4.98 Å². The van der Waals surface area contributed by atoms with Gasteiger partial charge in [0.1, 0.15) is 6.20 Å². The van der Waals surface area contributed by atoms with Gasteiger partial charge in [0.15, 0.2) is 0 Å². The first-order valence-corrected chi connectivity index (χ1v) is 2.69. The number of rotatable bonds is 0. The van der Waals surface area contributed by atoms with Gasteiger partial charge in [-0.15, -0.1) is 0 Å². The molecule has 0 fully saturated rings. The molecule has 0 saturated heterocycles. The lowest BCUT2D eigenvalue weighted by molar-refractivity contribution is -0.517. The zero-order chi connectivity index (χ0) is 5.98. The van der Waals surface area contributed by atoms with Crippen LogP contribution < -0.4 is 4.09 Å². The molecule has 0 atom stereocenters. The summed E-state index contributed by atoms with van der Waals surface area (Å²) in [5.41, 5.74) is 0. The Hall–Kier alpha value is -0.340. The van der Waals surface area contributed by atoms with Gasteiger partial charge in [-0.1, -0.05) is 4.09 Å². The van der Waals surface area contributed by atoms with Crippen LogP contribution in [0.25, 0.3) is 0 Å². The molecule has 42 valence electrons. The van der Waals surface area contributed by atoms with Crippen LogP contribution in [0.15, 0.2) is 18.6 Å². The number of nitrogens with zero attached hydrogens (tertiary/aromatic N) is 2. The van der Waals surface area contributed by atoms with Crippen LogP contribution in [0.3, 0.4) is 0 Å². The second-order valence-corrected chi connectivity index (χ2v) is 1.96. The average molecular weight is 150 g/mol. The number of hydrogen-bond donors (Lipinski definition) is 0. The summed E-state index contributed by atoms with van der Waals surface area (Å²) in [4.78, 5) is 3.71. The molecule has 0 aromatic carbocycles. The van der Waals surface area contributed by atoms with Crippen LogP contribution in [-0.4, -0.2) is 4.98 Å². The molecule has 0 unspecified atom stereocenters. The molecule has 1 aromatic rings. The minimum atomic E-state index is 0.411. The predicted octanol–water partition coefficient (Wildman–Crippen LogP) is 1.02. The molecule has 0 aliphatic heterocycles. The van der Waals surface area contributed by atoms with Crippen LogP contribution in [-0.2, 0) is 0 Å². The monoisotopic (exact) mass is 149 g/mol. The van der Waals surface area contributed by atoms with Crippen molar-refractivity contribution in [3.05, 3.63) is 23.7 Å². The van der Waals surface area contributed by atoms with Crippen molar-refractivity contribution in [2.24, 2.45) is 0 Å². The highest BCUT2D eigenvalue weighted by Crippen LogP contribution is 1.95. The molecule has 0 aliphatic carbocycles. The van der Waals surface area contributed by atoms with Gasteiger partial charge >= 0.3 is 5.15 Å². The van der Waals surface area contributed by atoms with Gasteiger partial charge in [-0.3, -0.25) is 4.98 Å². The van der Waals surface area contributed by atoms with Crippen molar-refractivity contribution in [2.75, 3.05) is 0 Å². The van der Waals surface area contributed by atoms with E-state index in [9.17, 15) is 0 Å². The van der Waals surface area contributed by atoms with Crippen molar-refractivity contribution in [3.63, 3.8) is 0 Å². The summed E-state index contributed by atoms with van der Waals surface area (Å²) < 4.78 is 1.26. The topological polar surface area (TPSA) is 16.8 Å². The van der Waals surface area contributed by atoms with Crippen LogP contribution in [0.5, 0.6) is 0 Å². The molecule has 1 aromatic heterocycles. The molecular formula is C4H3Cl2N2+. The molecular weight excluding hydrogens is 147 g/mol. The maximum absolute atomic E-state index is 5.48. The van der Waals surface area contributed by atoms with Crippen LogP contribution >= 0.6 is 23.4 Å². The van der Waals surface area contributed by atoms with E-state index in [0.717, 1.165) is 0 Å². The Bertz CT molecular complexity index is 168. The second-order valence-electron chi connectivity index (χ2n) is 1.21. The first-order chi connectivity index (χ1) is 3.80. The zero-order valence-corrected chi connectivity index (χ0v) is 5.39. The van der Waals surface area contributed by atoms with Crippen molar-refractivity contribution in [2.45, 2.75) is 0 Å². The van der Waals surface area contributed by atoms with Gasteiger partial charge in [-0.2, -0.15) is 0 Å². The Morgan fingerprint density at radius 2 is 2.38 bits per heavy atom. The lowest BCUT2D eigenvalue weighted by Crippen LogP contribution is -2.20. The van der Waals surface area contributed by atoms with Crippen molar-refractivity contribution in [1.29, 1.82) is 0 Å². The quantitative estimate of drug-likeness (QED) is 0.539. The van der Waals surface area contributed by atoms with E-state index in [4.69, 9.17) is 23.4 Å². The maximum Gasteiger partial charge on any atom is 0.314 e. The molecule has 2 nitrogen and oxygen atoms in total. The first-order valence-electron chi connectivity index (χ1n) is 1.98. The van der Waals surface area contributed by atoms with Gasteiger partial charge in [0.25, 0.3) is 11.8 Å². The molecule has 0 spiro atoms. The summed E-state index contributed by atoms with van der Waals surface area (Å²) in [5.74, 6) is 0. The normalized spacial score (nSPS) is 9.25. The third-order valence-electron chi connectivity index (χ3n) is 0.669. The Labute approximate surface area is 56.8 Å². The van der Waals surface area contributed by atoms with E-state index in [1.165, 1.54) is 10.3 Å². The molecule has 0 bridgehead atoms. The van der Waals surface area contributed by atoms with Gasteiger partial charge in [0, 0.05) is 0 Å². The van der Waals surface area contributed by atoms with Gasteiger partial charge in [0.05, 0.1) is 6.20 Å². The number of aromatic nitrogens is 2. The molecule has 1 heterocycles. The SMILES string of the molecule is Clc1cncc[n+]1Cl. The fourth-order valence-corrected chi connectivity index (χ4v) is 0.535. The lowest BCUT2D eigenvalue weighted by atomic mass is 10.8. The summed E-state index contributed by atoms with van der Waals surface area (Å²) >= 11 is 10.9. The minimum absolute atomic E-state index is 0.411. The summed E-state index contributed by atoms with van der Waals surface area (Å²) in [7, 11) is 0. The first kappa shape index (κ1) is 5.79. The van der Waals surface area contributed by atoms with E-state index in [1.807, 2.05) is 0 Å². The van der Waals surface area contributed by atoms with Gasteiger partial charge in [-0.25, -0.2) is 0 Å². The minimum Gasteiger partial charge on any atom is -0.250 e. The Balaban J connectivity index is 3.13. The maximum atomic E-state index is 5.48. The van der Waals surface area contributed by atoms with Crippen molar-refractivity contribution in [3.8, 4) is 0 Å². The van der Waals surface area contributed by atoms with Crippen LogP contribution in [0.2, 0.25) is 5.15 Å². The summed E-state index contributed by atoms with van der Waals surface area (Å²) in [6, 6.07) is 0. The molecule has 0 amide bonds.